The summed E-state index contributed by atoms with van der Waals surface area (Å²) < 4.78 is 2.25. The molecule has 1 aliphatic heterocycles. The average Bonchev–Trinajstić information content (AvgIpc) is 3.01. The van der Waals surface area contributed by atoms with Crippen LogP contribution in [0.4, 0.5) is 0 Å². The van der Waals surface area contributed by atoms with E-state index < -0.39 is 18.4 Å². The summed E-state index contributed by atoms with van der Waals surface area (Å²) in [5, 5.41) is 9.86. The maximum absolute atomic E-state index is 12.5. The molecule has 0 saturated carbocycles. The van der Waals surface area contributed by atoms with Crippen LogP contribution < -0.4 is 0 Å². The number of carbonyl (C=O) groups excluding carboxylic acids is 1. The van der Waals surface area contributed by atoms with Crippen molar-refractivity contribution in [3.8, 4) is 5.69 Å². The highest BCUT2D eigenvalue weighted by Crippen LogP contribution is 2.34. The number of hydrogen-bond donors (Lipinski definition) is 1. The maximum atomic E-state index is 12.5. The predicted octanol–water partition coefficient (Wildman–Crippen LogP) is 4.69. The lowest BCUT2D eigenvalue weighted by Gasteiger charge is -2.11. The van der Waals surface area contributed by atoms with E-state index in [1.54, 1.807) is 18.2 Å². The third-order valence-electron chi connectivity index (χ3n) is 4.09. The number of carbonyl (C=O) groups is 2. The van der Waals surface area contributed by atoms with E-state index in [0.29, 0.717) is 15.0 Å². The molecule has 0 aliphatic carbocycles. The Morgan fingerprint density at radius 3 is 2.59 bits per heavy atom. The Morgan fingerprint density at radius 1 is 1.26 bits per heavy atom. The van der Waals surface area contributed by atoms with Gasteiger partial charge in [-0.25, -0.2) is 0 Å². The topological polar surface area (TPSA) is 62.5 Å². The number of carboxylic acid groups (broad SMARTS) is 1. The molecule has 0 spiro atoms. The summed E-state index contributed by atoms with van der Waals surface area (Å²) in [6, 6.07) is 7.32. The highest BCUT2D eigenvalue weighted by atomic mass is 35.5. The van der Waals surface area contributed by atoms with Gasteiger partial charge < -0.3 is 9.67 Å². The summed E-state index contributed by atoms with van der Waals surface area (Å²) in [6.07, 6.45) is 1.73. The summed E-state index contributed by atoms with van der Waals surface area (Å²) in [5.41, 5.74) is 3.57. The standard InChI is InChI=1S/C18H14Cl2N2O3S2/c1-9-5-11(6-15-17(25)21(8-16(23)24)18(26)27-15)10(2)22(9)12-3-4-13(19)14(20)7-12/h3-7H,8H2,1-2H3,(H,23,24)/b15-6-. The van der Waals surface area contributed by atoms with Crippen molar-refractivity contribution in [2.75, 3.05) is 6.54 Å². The third-order valence-corrected chi connectivity index (χ3v) is 6.20. The lowest BCUT2D eigenvalue weighted by molar-refractivity contribution is -0.140. The van der Waals surface area contributed by atoms with Crippen molar-refractivity contribution < 1.29 is 14.7 Å². The molecule has 1 aromatic carbocycles. The Hall–Kier alpha value is -1.80. The van der Waals surface area contributed by atoms with Crippen LogP contribution in [0.3, 0.4) is 0 Å². The molecule has 5 nitrogen and oxygen atoms in total. The van der Waals surface area contributed by atoms with Crippen LogP contribution in [0.25, 0.3) is 11.8 Å². The van der Waals surface area contributed by atoms with Gasteiger partial charge in [-0.1, -0.05) is 47.2 Å². The molecule has 3 rings (SSSR count). The molecule has 0 unspecified atom stereocenters. The van der Waals surface area contributed by atoms with Crippen molar-refractivity contribution in [1.82, 2.24) is 9.47 Å². The molecule has 1 aliphatic rings. The minimum atomic E-state index is -1.11. The van der Waals surface area contributed by atoms with Crippen molar-refractivity contribution in [3.63, 3.8) is 0 Å². The molecule has 140 valence electrons. The van der Waals surface area contributed by atoms with Crippen LogP contribution in [0.1, 0.15) is 17.0 Å². The fourth-order valence-corrected chi connectivity index (χ4v) is 4.41. The Bertz CT molecular complexity index is 1010. The predicted molar refractivity (Wildman–Crippen MR) is 113 cm³/mol. The van der Waals surface area contributed by atoms with Gasteiger partial charge in [0.1, 0.15) is 10.9 Å². The minimum absolute atomic E-state index is 0.243. The summed E-state index contributed by atoms with van der Waals surface area (Å²) in [6.45, 7) is 3.44. The second-order valence-corrected chi connectivity index (χ2v) is 8.41. The minimum Gasteiger partial charge on any atom is -0.480 e. The fraction of sp³-hybridized carbons (Fsp3) is 0.167. The molecule has 2 aromatic rings. The van der Waals surface area contributed by atoms with Gasteiger partial charge in [0.2, 0.25) is 0 Å². The van der Waals surface area contributed by atoms with Crippen molar-refractivity contribution in [1.29, 1.82) is 0 Å². The zero-order valence-electron chi connectivity index (χ0n) is 14.3. The van der Waals surface area contributed by atoms with Gasteiger partial charge in [0, 0.05) is 17.1 Å². The first-order valence-electron chi connectivity index (χ1n) is 7.80. The van der Waals surface area contributed by atoms with Crippen molar-refractivity contribution >= 4 is 69.5 Å². The lowest BCUT2D eigenvalue weighted by Crippen LogP contribution is -2.33. The number of benzene rings is 1. The molecule has 9 heteroatoms. The normalized spacial score (nSPS) is 15.9. The largest absolute Gasteiger partial charge is 0.480 e. The third kappa shape index (κ3) is 3.91. The number of carboxylic acids is 1. The molecule has 2 heterocycles. The summed E-state index contributed by atoms with van der Waals surface area (Å²) in [7, 11) is 0. The van der Waals surface area contributed by atoms with Gasteiger partial charge in [-0.2, -0.15) is 0 Å². The van der Waals surface area contributed by atoms with E-state index in [-0.39, 0.29) is 4.32 Å². The number of amides is 1. The quantitative estimate of drug-likeness (QED) is 0.551. The zero-order chi connectivity index (χ0) is 19.9. The molecular weight excluding hydrogens is 427 g/mol. The SMILES string of the molecule is Cc1cc(/C=C2\SC(=S)N(CC(=O)O)C2=O)c(C)n1-c1ccc(Cl)c(Cl)c1. The summed E-state index contributed by atoms with van der Waals surface area (Å²) >= 11 is 18.4. The molecular formula is C18H14Cl2N2O3S2. The number of aromatic nitrogens is 1. The van der Waals surface area contributed by atoms with Gasteiger partial charge in [-0.3, -0.25) is 14.5 Å². The van der Waals surface area contributed by atoms with E-state index in [0.717, 1.165) is 39.3 Å². The fourth-order valence-electron chi connectivity index (χ4n) is 2.87. The van der Waals surface area contributed by atoms with Crippen LogP contribution in [-0.2, 0) is 9.59 Å². The summed E-state index contributed by atoms with van der Waals surface area (Å²) in [5.74, 6) is -1.50. The number of aryl methyl sites for hydroxylation is 1. The number of rotatable bonds is 4. The highest BCUT2D eigenvalue weighted by Gasteiger charge is 2.33. The maximum Gasteiger partial charge on any atom is 0.323 e. The lowest BCUT2D eigenvalue weighted by atomic mass is 10.2. The molecule has 0 bridgehead atoms. The second kappa shape index (κ2) is 7.67. The number of thioether (sulfide) groups is 1. The van der Waals surface area contributed by atoms with Crippen LogP contribution in [-0.4, -0.2) is 37.3 Å². The van der Waals surface area contributed by atoms with E-state index in [4.69, 9.17) is 40.5 Å². The number of nitrogens with zero attached hydrogens (tertiary/aromatic N) is 2. The van der Waals surface area contributed by atoms with Gasteiger partial charge in [-0.15, -0.1) is 0 Å². The molecule has 1 amide bonds. The molecule has 27 heavy (non-hydrogen) atoms. The molecule has 1 N–H and O–H groups in total. The Labute approximate surface area is 175 Å². The Balaban J connectivity index is 1.99. The van der Waals surface area contributed by atoms with Gasteiger partial charge >= 0.3 is 5.97 Å². The monoisotopic (exact) mass is 440 g/mol. The van der Waals surface area contributed by atoms with Crippen LogP contribution in [0.15, 0.2) is 29.2 Å². The van der Waals surface area contributed by atoms with Gasteiger partial charge in [0.05, 0.1) is 15.0 Å². The number of aliphatic carboxylic acids is 1. The molecule has 1 aromatic heterocycles. The van der Waals surface area contributed by atoms with Gasteiger partial charge in [-0.05, 0) is 49.8 Å². The van der Waals surface area contributed by atoms with Gasteiger partial charge in [0.15, 0.2) is 0 Å². The van der Waals surface area contributed by atoms with Crippen LogP contribution >= 0.6 is 47.2 Å². The van der Waals surface area contributed by atoms with Crippen LogP contribution in [0.2, 0.25) is 10.0 Å². The first-order valence-corrected chi connectivity index (χ1v) is 9.78. The summed E-state index contributed by atoms with van der Waals surface area (Å²) in [4.78, 5) is 24.9. The number of halogens is 2. The number of hydrogen-bond acceptors (Lipinski definition) is 4. The van der Waals surface area contributed by atoms with Crippen molar-refractivity contribution in [2.45, 2.75) is 13.8 Å². The van der Waals surface area contributed by atoms with Crippen molar-refractivity contribution in [2.24, 2.45) is 0 Å². The Morgan fingerprint density at radius 2 is 1.96 bits per heavy atom. The highest BCUT2D eigenvalue weighted by molar-refractivity contribution is 8.26. The van der Waals surface area contributed by atoms with Crippen molar-refractivity contribution in [3.05, 3.63) is 56.2 Å². The van der Waals surface area contributed by atoms with E-state index >= 15 is 0 Å². The zero-order valence-corrected chi connectivity index (χ0v) is 17.5. The second-order valence-electron chi connectivity index (χ2n) is 5.92. The van der Waals surface area contributed by atoms with Crippen LogP contribution in [0, 0.1) is 13.8 Å². The van der Waals surface area contributed by atoms with E-state index in [1.807, 2.05) is 30.5 Å². The molecule has 0 radical (unpaired) electrons. The smallest absolute Gasteiger partial charge is 0.323 e. The van der Waals surface area contributed by atoms with Gasteiger partial charge in [0.25, 0.3) is 5.91 Å². The average molecular weight is 441 g/mol. The Kier molecular flexibility index (Phi) is 5.67. The van der Waals surface area contributed by atoms with Crippen LogP contribution in [0.5, 0.6) is 0 Å². The van der Waals surface area contributed by atoms with E-state index in [2.05, 4.69) is 0 Å². The molecule has 1 saturated heterocycles. The molecule has 1 fully saturated rings. The molecule has 0 atom stereocenters. The first-order chi connectivity index (χ1) is 12.7. The first kappa shape index (κ1) is 19.9. The van der Waals surface area contributed by atoms with E-state index in [1.165, 1.54) is 0 Å². The number of thiocarbonyl (C=S) groups is 1. The van der Waals surface area contributed by atoms with E-state index in [9.17, 15) is 9.59 Å².